The van der Waals surface area contributed by atoms with E-state index in [9.17, 15) is 9.90 Å². The van der Waals surface area contributed by atoms with Gasteiger partial charge in [-0.3, -0.25) is 0 Å². The summed E-state index contributed by atoms with van der Waals surface area (Å²) in [5.41, 5.74) is 0.654. The molecule has 1 aromatic rings. The molecular weight excluding hydrogens is 264 g/mol. The average Bonchev–Trinajstić information content (AvgIpc) is 2.18. The van der Waals surface area contributed by atoms with E-state index in [1.165, 1.54) is 7.11 Å². The van der Waals surface area contributed by atoms with Crippen molar-refractivity contribution in [3.8, 4) is 5.75 Å². The number of methoxy groups -OCH3 is 1. The Bertz CT molecular complexity index is 364. The lowest BCUT2D eigenvalue weighted by Gasteiger charge is -2.10. The zero-order valence-corrected chi connectivity index (χ0v) is 9.69. The van der Waals surface area contributed by atoms with E-state index in [-0.39, 0.29) is 6.42 Å². The lowest BCUT2D eigenvalue weighted by Crippen LogP contribution is -2.22. The van der Waals surface area contributed by atoms with Crippen LogP contribution in [0.5, 0.6) is 5.75 Å². The molecule has 1 unspecified atom stereocenters. The van der Waals surface area contributed by atoms with Crippen LogP contribution in [-0.4, -0.2) is 29.4 Å². The van der Waals surface area contributed by atoms with E-state index in [1.807, 2.05) is 0 Å². The van der Waals surface area contributed by atoms with Crippen LogP contribution >= 0.6 is 15.9 Å². The molecule has 0 radical (unpaired) electrons. The minimum absolute atomic E-state index is 0.0257. The van der Waals surface area contributed by atoms with Crippen LogP contribution in [0.1, 0.15) is 5.56 Å². The van der Waals surface area contributed by atoms with Gasteiger partial charge in [0, 0.05) is 10.9 Å². The Morgan fingerprint density at radius 2 is 2.27 bits per heavy atom. The predicted molar refractivity (Wildman–Crippen MR) is 58.0 cm³/mol. The van der Waals surface area contributed by atoms with Crippen molar-refractivity contribution in [2.75, 3.05) is 7.11 Å². The number of hydrogen-bond acceptors (Lipinski definition) is 3. The van der Waals surface area contributed by atoms with E-state index in [0.29, 0.717) is 11.3 Å². The molecule has 0 aliphatic rings. The van der Waals surface area contributed by atoms with Crippen molar-refractivity contribution in [1.82, 2.24) is 0 Å². The molecule has 15 heavy (non-hydrogen) atoms. The van der Waals surface area contributed by atoms with Gasteiger partial charge in [0.2, 0.25) is 0 Å². The third kappa shape index (κ3) is 3.21. The number of rotatable bonds is 4. The van der Waals surface area contributed by atoms with Crippen molar-refractivity contribution < 1.29 is 19.7 Å². The Morgan fingerprint density at radius 3 is 2.80 bits per heavy atom. The Balaban J connectivity index is 2.91. The Morgan fingerprint density at radius 1 is 1.60 bits per heavy atom. The van der Waals surface area contributed by atoms with Crippen LogP contribution in [0.3, 0.4) is 0 Å². The van der Waals surface area contributed by atoms with Crippen molar-refractivity contribution in [1.29, 1.82) is 0 Å². The number of carboxylic acids is 1. The summed E-state index contributed by atoms with van der Waals surface area (Å²) < 4.78 is 5.87. The zero-order valence-electron chi connectivity index (χ0n) is 8.11. The van der Waals surface area contributed by atoms with Gasteiger partial charge in [-0.2, -0.15) is 0 Å². The first-order chi connectivity index (χ1) is 7.04. The van der Waals surface area contributed by atoms with E-state index in [1.54, 1.807) is 18.2 Å². The lowest BCUT2D eigenvalue weighted by atomic mass is 10.1. The number of carboxylic acid groups (broad SMARTS) is 1. The molecule has 0 heterocycles. The van der Waals surface area contributed by atoms with Gasteiger partial charge in [0.25, 0.3) is 0 Å². The van der Waals surface area contributed by atoms with Crippen LogP contribution in [0.15, 0.2) is 22.7 Å². The van der Waals surface area contributed by atoms with Gasteiger partial charge >= 0.3 is 5.97 Å². The molecule has 0 spiro atoms. The van der Waals surface area contributed by atoms with Gasteiger partial charge in [0.15, 0.2) is 6.10 Å². The van der Waals surface area contributed by atoms with E-state index < -0.39 is 12.1 Å². The van der Waals surface area contributed by atoms with E-state index in [0.717, 1.165) is 4.47 Å². The highest BCUT2D eigenvalue weighted by Gasteiger charge is 2.16. The Hall–Kier alpha value is -1.07. The second kappa shape index (κ2) is 5.14. The van der Waals surface area contributed by atoms with Crippen LogP contribution in [0.25, 0.3) is 0 Å². The molecule has 0 fully saturated rings. The highest BCUT2D eigenvalue weighted by atomic mass is 79.9. The molecule has 2 N–H and O–H groups in total. The number of carbonyl (C=O) groups is 1. The first kappa shape index (κ1) is 12.0. The smallest absolute Gasteiger partial charge is 0.332 e. The summed E-state index contributed by atoms with van der Waals surface area (Å²) in [5, 5.41) is 17.8. The van der Waals surface area contributed by atoms with Crippen LogP contribution in [0.2, 0.25) is 0 Å². The van der Waals surface area contributed by atoms with Gasteiger partial charge in [-0.1, -0.05) is 15.9 Å². The van der Waals surface area contributed by atoms with Crippen molar-refractivity contribution in [2.24, 2.45) is 0 Å². The number of ether oxygens (including phenoxy) is 1. The largest absolute Gasteiger partial charge is 0.496 e. The summed E-state index contributed by atoms with van der Waals surface area (Å²) in [7, 11) is 1.50. The molecule has 0 aromatic heterocycles. The third-order valence-electron chi connectivity index (χ3n) is 1.94. The van der Waals surface area contributed by atoms with Gasteiger partial charge in [0.05, 0.1) is 7.11 Å². The van der Waals surface area contributed by atoms with E-state index >= 15 is 0 Å². The molecule has 0 saturated heterocycles. The fraction of sp³-hybridized carbons (Fsp3) is 0.300. The van der Waals surface area contributed by atoms with Crippen LogP contribution in [0, 0.1) is 0 Å². The number of hydrogen-bond donors (Lipinski definition) is 2. The van der Waals surface area contributed by atoms with Gasteiger partial charge in [0.1, 0.15) is 5.75 Å². The summed E-state index contributed by atoms with van der Waals surface area (Å²) in [6.07, 6.45) is -1.38. The number of halogens is 1. The van der Waals surface area contributed by atoms with Crippen molar-refractivity contribution in [2.45, 2.75) is 12.5 Å². The normalized spacial score (nSPS) is 12.2. The Labute approximate surface area is 95.6 Å². The van der Waals surface area contributed by atoms with Gasteiger partial charge in [-0.15, -0.1) is 0 Å². The maximum absolute atomic E-state index is 10.5. The minimum atomic E-state index is -1.41. The van der Waals surface area contributed by atoms with Crippen molar-refractivity contribution >= 4 is 21.9 Å². The van der Waals surface area contributed by atoms with Crippen molar-refractivity contribution in [3.63, 3.8) is 0 Å². The molecule has 1 atom stereocenters. The zero-order chi connectivity index (χ0) is 11.4. The monoisotopic (exact) mass is 274 g/mol. The molecule has 0 amide bonds. The summed E-state index contributed by atoms with van der Waals surface area (Å²) in [6.45, 7) is 0. The molecule has 0 aliphatic carbocycles. The van der Waals surface area contributed by atoms with Gasteiger partial charge < -0.3 is 14.9 Å². The topological polar surface area (TPSA) is 66.8 Å². The molecule has 1 rings (SSSR count). The number of aliphatic carboxylic acids is 1. The van der Waals surface area contributed by atoms with E-state index in [2.05, 4.69) is 15.9 Å². The molecule has 0 saturated carbocycles. The number of aliphatic hydroxyl groups is 1. The van der Waals surface area contributed by atoms with Crippen molar-refractivity contribution in [3.05, 3.63) is 28.2 Å². The average molecular weight is 275 g/mol. The van der Waals surface area contributed by atoms with Crippen LogP contribution in [0.4, 0.5) is 0 Å². The fourth-order valence-corrected chi connectivity index (χ4v) is 1.61. The second-order valence-electron chi connectivity index (χ2n) is 3.01. The standard InChI is InChI=1S/C10H11BrO4/c1-15-9-3-2-7(11)4-6(9)5-8(12)10(13)14/h2-4,8,12H,5H2,1H3,(H,13,14). The summed E-state index contributed by atoms with van der Waals surface area (Å²) >= 11 is 3.27. The molecule has 1 aromatic carbocycles. The third-order valence-corrected chi connectivity index (χ3v) is 2.43. The maximum Gasteiger partial charge on any atom is 0.332 e. The highest BCUT2D eigenvalue weighted by molar-refractivity contribution is 9.10. The molecule has 5 heteroatoms. The van der Waals surface area contributed by atoms with E-state index in [4.69, 9.17) is 9.84 Å². The summed E-state index contributed by atoms with van der Waals surface area (Å²) in [4.78, 5) is 10.5. The predicted octanol–water partition coefficient (Wildman–Crippen LogP) is 1.45. The number of benzene rings is 1. The molecule has 0 bridgehead atoms. The summed E-state index contributed by atoms with van der Waals surface area (Å²) in [5.74, 6) is -0.671. The Kier molecular flexibility index (Phi) is 4.11. The molecular formula is C10H11BrO4. The quantitative estimate of drug-likeness (QED) is 0.872. The van der Waals surface area contributed by atoms with Gasteiger partial charge in [-0.25, -0.2) is 4.79 Å². The molecule has 82 valence electrons. The highest BCUT2D eigenvalue weighted by Crippen LogP contribution is 2.24. The first-order valence-electron chi connectivity index (χ1n) is 4.28. The SMILES string of the molecule is COc1ccc(Br)cc1CC(O)C(=O)O. The van der Waals surface area contributed by atoms with Crippen LogP contribution < -0.4 is 4.74 Å². The summed E-state index contributed by atoms with van der Waals surface area (Å²) in [6, 6.07) is 5.23. The first-order valence-corrected chi connectivity index (χ1v) is 5.07. The molecule has 0 aliphatic heterocycles. The maximum atomic E-state index is 10.5. The minimum Gasteiger partial charge on any atom is -0.496 e. The molecule has 4 nitrogen and oxygen atoms in total. The van der Waals surface area contributed by atoms with Crippen LogP contribution in [-0.2, 0) is 11.2 Å². The lowest BCUT2D eigenvalue weighted by molar-refractivity contribution is -0.146. The number of aliphatic hydroxyl groups excluding tert-OH is 1. The fourth-order valence-electron chi connectivity index (χ4n) is 1.20. The second-order valence-corrected chi connectivity index (χ2v) is 3.93. The van der Waals surface area contributed by atoms with Gasteiger partial charge in [-0.05, 0) is 23.8 Å².